The number of carboxylic acid groups (broad SMARTS) is 1. The molecule has 0 aliphatic carbocycles. The molecule has 4 aromatic rings. The lowest BCUT2D eigenvalue weighted by molar-refractivity contribution is -0.137. The van der Waals surface area contributed by atoms with Crippen molar-refractivity contribution >= 4 is 35.6 Å². The Morgan fingerprint density at radius 3 is 1.91 bits per heavy atom. The maximum absolute atomic E-state index is 10.7. The second-order valence-electron chi connectivity index (χ2n) is 12.3. The van der Waals surface area contributed by atoms with Crippen LogP contribution in [0.1, 0.15) is 102 Å². The highest BCUT2D eigenvalue weighted by Gasteiger charge is 2.10. The van der Waals surface area contributed by atoms with E-state index in [4.69, 9.17) is 30.7 Å². The number of oxazole rings is 1. The number of nitrogens with one attached hydrogen (secondary N) is 1. The van der Waals surface area contributed by atoms with Crippen LogP contribution in [0.15, 0.2) is 101 Å². The molecule has 7 nitrogen and oxygen atoms in total. The van der Waals surface area contributed by atoms with Gasteiger partial charge in [0.25, 0.3) is 0 Å². The Kier molecular flexibility index (Phi) is 36.7. The van der Waals surface area contributed by atoms with E-state index in [-0.39, 0.29) is 6.42 Å². The van der Waals surface area contributed by atoms with E-state index in [9.17, 15) is 4.79 Å². The summed E-state index contributed by atoms with van der Waals surface area (Å²) in [6, 6.07) is 22.9. The van der Waals surface area contributed by atoms with E-state index in [2.05, 4.69) is 99.7 Å². The van der Waals surface area contributed by atoms with Gasteiger partial charge in [0.15, 0.2) is 6.39 Å². The van der Waals surface area contributed by atoms with Gasteiger partial charge in [0.2, 0.25) is 0 Å². The summed E-state index contributed by atoms with van der Waals surface area (Å²) < 4.78 is 11.9. The lowest BCUT2D eigenvalue weighted by Gasteiger charge is -2.14. The minimum atomic E-state index is -0.777. The largest absolute Gasteiger partial charge is 0.493 e. The van der Waals surface area contributed by atoms with Crippen molar-refractivity contribution in [3.63, 3.8) is 0 Å². The fourth-order valence-corrected chi connectivity index (χ4v) is 5.48. The van der Waals surface area contributed by atoms with E-state index >= 15 is 0 Å². The molecule has 0 amide bonds. The van der Waals surface area contributed by atoms with Gasteiger partial charge in [0.05, 0.1) is 16.7 Å². The number of thioether (sulfide) groups is 1. The lowest BCUT2D eigenvalue weighted by atomic mass is 9.99. The summed E-state index contributed by atoms with van der Waals surface area (Å²) in [6.45, 7) is 31.6. The number of hydrogen-bond donors (Lipinski definition) is 2. The molecule has 3 aromatic carbocycles. The molecule has 0 saturated heterocycles. The number of hydrogen-bond acceptors (Lipinski definition) is 7. The number of carbonyl (C=O) groups is 2. The summed E-state index contributed by atoms with van der Waals surface area (Å²) in [4.78, 5) is 23.6. The Morgan fingerprint density at radius 2 is 1.50 bits per heavy atom. The van der Waals surface area contributed by atoms with Crippen LogP contribution in [-0.4, -0.2) is 47.8 Å². The number of benzene rings is 3. The number of nitrogens with zero attached hydrogens (tertiary/aromatic N) is 1. The molecule has 0 atom stereocenters. The molecule has 56 heavy (non-hydrogen) atoms. The van der Waals surface area contributed by atoms with E-state index < -0.39 is 5.97 Å². The number of aryl methyl sites for hydroxylation is 3. The molecule has 0 saturated carbocycles. The molecule has 1 aromatic heterocycles. The number of aromatic nitrogens is 1. The molecule has 0 aliphatic heterocycles. The Bertz CT molecular complexity index is 1600. The highest BCUT2D eigenvalue weighted by atomic mass is 35.5. The quantitative estimate of drug-likeness (QED) is 0.108. The van der Waals surface area contributed by atoms with Crippen molar-refractivity contribution in [2.24, 2.45) is 0 Å². The highest BCUT2D eigenvalue weighted by molar-refractivity contribution is 8.05. The molecule has 0 fully saturated rings. The van der Waals surface area contributed by atoms with Gasteiger partial charge in [0, 0.05) is 18.1 Å². The van der Waals surface area contributed by atoms with Gasteiger partial charge < -0.3 is 24.4 Å². The van der Waals surface area contributed by atoms with E-state index in [1.54, 1.807) is 11.8 Å². The van der Waals surface area contributed by atoms with E-state index in [1.807, 2.05) is 73.7 Å². The van der Waals surface area contributed by atoms with E-state index in [0.29, 0.717) is 24.7 Å². The van der Waals surface area contributed by atoms with Gasteiger partial charge in [-0.15, -0.1) is 24.9 Å². The van der Waals surface area contributed by atoms with E-state index in [1.165, 1.54) is 42.0 Å². The van der Waals surface area contributed by atoms with Gasteiger partial charge in [-0.25, -0.2) is 4.98 Å². The average molecular weight is 812 g/mol. The highest BCUT2D eigenvalue weighted by Crippen LogP contribution is 2.27. The summed E-state index contributed by atoms with van der Waals surface area (Å²) in [5.74, 6) is 0.874. The maximum Gasteiger partial charge on any atom is 0.303 e. The molecule has 1 heterocycles. The van der Waals surface area contributed by atoms with Gasteiger partial charge in [-0.3, -0.25) is 4.79 Å². The minimum absolute atomic E-state index is 0.145. The third-order valence-electron chi connectivity index (χ3n) is 7.29. The zero-order valence-electron chi connectivity index (χ0n) is 36.6. The number of aliphatic carboxylic acids is 1. The SMILES string of the molecule is C=C.CC.CC(C)=C(Cl)SC(C)C.CC=O.CCCNC.Cc1ccc(-c2ccccc2)cc1.Cc1ocnc1CCOc1ccc(CCC(=O)O)c(C)c1C. The Balaban J connectivity index is -0.000000702. The predicted molar refractivity (Wildman–Crippen MR) is 244 cm³/mol. The lowest BCUT2D eigenvalue weighted by Crippen LogP contribution is -2.06. The summed E-state index contributed by atoms with van der Waals surface area (Å²) in [7, 11) is 1.96. The molecular formula is C47H71ClN2O5S. The molecule has 0 bridgehead atoms. The average Bonchev–Trinajstić information content (AvgIpc) is 3.60. The molecule has 0 spiro atoms. The summed E-state index contributed by atoms with van der Waals surface area (Å²) in [5, 5.41) is 12.4. The summed E-state index contributed by atoms with van der Waals surface area (Å²) >= 11 is 7.56. The monoisotopic (exact) mass is 810 g/mol. The van der Waals surface area contributed by atoms with Gasteiger partial charge in [-0.05, 0) is 109 Å². The van der Waals surface area contributed by atoms with Crippen LogP contribution in [-0.2, 0) is 22.4 Å². The number of rotatable bonds is 12. The molecule has 0 radical (unpaired) electrons. The molecule has 0 aliphatic rings. The number of ether oxygens (including phenoxy) is 1. The molecule has 9 heteroatoms. The molecular weight excluding hydrogens is 740 g/mol. The topological polar surface area (TPSA) is 102 Å². The van der Waals surface area contributed by atoms with Crippen molar-refractivity contribution < 1.29 is 23.8 Å². The fraction of sp³-hybridized carbons (Fsp3) is 0.426. The van der Waals surface area contributed by atoms with Gasteiger partial charge in [-0.2, -0.15) is 0 Å². The third kappa shape index (κ3) is 27.5. The van der Waals surface area contributed by atoms with Crippen LogP contribution in [0, 0.1) is 27.7 Å². The zero-order valence-corrected chi connectivity index (χ0v) is 38.1. The van der Waals surface area contributed by atoms with Crippen molar-refractivity contribution in [1.82, 2.24) is 10.3 Å². The van der Waals surface area contributed by atoms with Crippen LogP contribution >= 0.6 is 23.4 Å². The van der Waals surface area contributed by atoms with Crippen molar-refractivity contribution in [2.45, 2.75) is 114 Å². The van der Waals surface area contributed by atoms with Gasteiger partial charge in [0.1, 0.15) is 17.8 Å². The Labute approximate surface area is 349 Å². The van der Waals surface area contributed by atoms with Crippen LogP contribution in [0.5, 0.6) is 5.75 Å². The van der Waals surface area contributed by atoms with Crippen molar-refractivity contribution in [3.8, 4) is 16.9 Å². The first-order valence-corrected chi connectivity index (χ1v) is 20.5. The summed E-state index contributed by atoms with van der Waals surface area (Å²) in [5.41, 5.74) is 9.19. The van der Waals surface area contributed by atoms with Crippen LogP contribution in [0.3, 0.4) is 0 Å². The van der Waals surface area contributed by atoms with Crippen molar-refractivity contribution in [3.05, 3.63) is 130 Å². The molecule has 2 N–H and O–H groups in total. The van der Waals surface area contributed by atoms with E-state index in [0.717, 1.165) is 51.1 Å². The smallest absolute Gasteiger partial charge is 0.303 e. The normalized spacial score (nSPS) is 9.27. The first-order valence-electron chi connectivity index (χ1n) is 19.2. The third-order valence-corrected chi connectivity index (χ3v) is 9.02. The van der Waals surface area contributed by atoms with Crippen LogP contribution in [0.2, 0.25) is 0 Å². The Hall–Kier alpha value is -4.11. The minimum Gasteiger partial charge on any atom is -0.493 e. The number of carboxylic acids is 1. The number of aldehydes is 1. The molecule has 4 rings (SSSR count). The first-order chi connectivity index (χ1) is 26.7. The molecule has 312 valence electrons. The zero-order chi connectivity index (χ0) is 43.5. The number of allylic oxidation sites excluding steroid dienone is 1. The van der Waals surface area contributed by atoms with Crippen LogP contribution < -0.4 is 10.1 Å². The second-order valence-corrected chi connectivity index (χ2v) is 14.5. The number of halogens is 1. The van der Waals surface area contributed by atoms with Gasteiger partial charge in [-0.1, -0.05) is 118 Å². The second kappa shape index (κ2) is 36.5. The maximum atomic E-state index is 10.7. The van der Waals surface area contributed by atoms with Crippen LogP contribution in [0.25, 0.3) is 11.1 Å². The fourth-order valence-electron chi connectivity index (χ4n) is 4.30. The molecule has 0 unspecified atom stereocenters. The van der Waals surface area contributed by atoms with Crippen LogP contribution in [0.4, 0.5) is 0 Å². The predicted octanol–water partition coefficient (Wildman–Crippen LogP) is 13.2. The van der Waals surface area contributed by atoms with Crippen molar-refractivity contribution in [1.29, 1.82) is 0 Å². The number of carbonyl (C=O) groups excluding carboxylic acids is 1. The first kappa shape index (κ1) is 56.2. The standard InChI is InChI=1S/C17H21NO4.C13H12.C7H13ClS.C4H11N.C2H4O.C2H6.C2H4/c1-11-12(2)16(6-4-14(11)5-7-17(19)20)21-9-8-15-13(3)22-10-18-15;1-11-7-9-13(10-8-11)12-5-3-2-4-6-12;1-5(2)7(8)9-6(3)4;1-3-4-5-2;1-2-3;2*1-2/h4,6,10H,5,7-9H2,1-3H3,(H,19,20);2-10H,1H3;6H,1-4H3;5H,3-4H2,1-2H3;2H,1H3;1-2H3;1-2H2. The Morgan fingerprint density at radius 1 is 0.946 bits per heavy atom. The van der Waals surface area contributed by atoms with Gasteiger partial charge >= 0.3 is 5.97 Å². The summed E-state index contributed by atoms with van der Waals surface area (Å²) in [6.07, 6.45) is 4.81. The van der Waals surface area contributed by atoms with Crippen molar-refractivity contribution in [2.75, 3.05) is 20.2 Å².